The van der Waals surface area contributed by atoms with Gasteiger partial charge in [0.15, 0.2) is 5.13 Å². The molecule has 1 heterocycles. The van der Waals surface area contributed by atoms with E-state index in [4.69, 9.17) is 10.5 Å². The van der Waals surface area contributed by atoms with Crippen LogP contribution in [0.4, 0.5) is 5.13 Å². The predicted molar refractivity (Wildman–Crippen MR) is 60.1 cm³/mol. The van der Waals surface area contributed by atoms with E-state index >= 15 is 0 Å². The summed E-state index contributed by atoms with van der Waals surface area (Å²) in [7, 11) is 0. The van der Waals surface area contributed by atoms with Crippen molar-refractivity contribution >= 4 is 28.3 Å². The van der Waals surface area contributed by atoms with Crippen LogP contribution in [0, 0.1) is 0 Å². The molecule has 0 bridgehead atoms. The van der Waals surface area contributed by atoms with Gasteiger partial charge in [0.25, 0.3) is 0 Å². The molecule has 7 heteroatoms. The predicted octanol–water partition coefficient (Wildman–Crippen LogP) is 0.146. The Labute approximate surface area is 96.8 Å². The molecule has 0 saturated carbocycles. The Morgan fingerprint density at radius 1 is 1.62 bits per heavy atom. The van der Waals surface area contributed by atoms with Crippen molar-refractivity contribution in [2.45, 2.75) is 13.3 Å². The number of esters is 1. The van der Waals surface area contributed by atoms with E-state index in [1.54, 1.807) is 12.3 Å². The van der Waals surface area contributed by atoms with E-state index in [2.05, 4.69) is 10.3 Å². The Balaban J connectivity index is 2.45. The third-order valence-corrected chi connectivity index (χ3v) is 2.45. The van der Waals surface area contributed by atoms with E-state index < -0.39 is 5.91 Å². The highest BCUT2D eigenvalue weighted by atomic mass is 32.1. The van der Waals surface area contributed by atoms with Gasteiger partial charge in [-0.25, -0.2) is 4.98 Å². The maximum atomic E-state index is 11.1. The first-order chi connectivity index (χ1) is 7.61. The first kappa shape index (κ1) is 12.4. The van der Waals surface area contributed by atoms with Gasteiger partial charge in [-0.1, -0.05) is 0 Å². The van der Waals surface area contributed by atoms with E-state index in [9.17, 15) is 9.59 Å². The van der Waals surface area contributed by atoms with Gasteiger partial charge in [-0.2, -0.15) is 0 Å². The molecule has 6 nitrogen and oxygen atoms in total. The molecule has 0 saturated heterocycles. The number of rotatable bonds is 6. The van der Waals surface area contributed by atoms with Crippen LogP contribution in [0.1, 0.15) is 12.6 Å². The monoisotopic (exact) mass is 243 g/mol. The Morgan fingerprint density at radius 3 is 3.00 bits per heavy atom. The topological polar surface area (TPSA) is 94.3 Å². The smallest absolute Gasteiger partial charge is 0.311 e. The fourth-order valence-electron chi connectivity index (χ4n) is 0.992. The zero-order chi connectivity index (χ0) is 12.0. The van der Waals surface area contributed by atoms with Crippen molar-refractivity contribution in [3.63, 3.8) is 0 Å². The summed E-state index contributed by atoms with van der Waals surface area (Å²) in [6, 6.07) is 0. The number of hydrogen-bond donors (Lipinski definition) is 2. The van der Waals surface area contributed by atoms with Crippen molar-refractivity contribution < 1.29 is 14.3 Å². The Kier molecular flexibility index (Phi) is 4.71. The molecule has 0 atom stereocenters. The van der Waals surface area contributed by atoms with E-state index in [1.165, 1.54) is 11.3 Å². The number of nitrogens with two attached hydrogens (primary N) is 1. The number of carbonyl (C=O) groups is 2. The third-order valence-electron chi connectivity index (χ3n) is 1.60. The van der Waals surface area contributed by atoms with Crippen LogP contribution in [0.3, 0.4) is 0 Å². The minimum Gasteiger partial charge on any atom is -0.466 e. The number of amides is 1. The van der Waals surface area contributed by atoms with E-state index in [-0.39, 0.29) is 18.9 Å². The maximum Gasteiger partial charge on any atom is 0.311 e. The summed E-state index contributed by atoms with van der Waals surface area (Å²) < 4.78 is 4.78. The number of aromatic nitrogens is 1. The van der Waals surface area contributed by atoms with Gasteiger partial charge < -0.3 is 15.8 Å². The van der Waals surface area contributed by atoms with Gasteiger partial charge in [-0.3, -0.25) is 9.59 Å². The number of anilines is 1. The van der Waals surface area contributed by atoms with Crippen molar-refractivity contribution in [1.82, 2.24) is 4.98 Å². The molecule has 88 valence electrons. The highest BCUT2D eigenvalue weighted by molar-refractivity contribution is 7.13. The normalized spacial score (nSPS) is 9.81. The van der Waals surface area contributed by atoms with Gasteiger partial charge in [0, 0.05) is 5.38 Å². The first-order valence-corrected chi connectivity index (χ1v) is 5.62. The Bertz CT molecular complexity index is 378. The SMILES string of the molecule is CCOC(=O)Cc1csc(NCC(N)=O)n1. The lowest BCUT2D eigenvalue weighted by Gasteiger charge is -1.98. The van der Waals surface area contributed by atoms with Gasteiger partial charge in [-0.05, 0) is 6.92 Å². The van der Waals surface area contributed by atoms with Gasteiger partial charge >= 0.3 is 5.97 Å². The largest absolute Gasteiger partial charge is 0.466 e. The second-order valence-corrected chi connectivity index (χ2v) is 3.80. The molecular weight excluding hydrogens is 230 g/mol. The van der Waals surface area contributed by atoms with E-state index in [0.717, 1.165) is 0 Å². The summed E-state index contributed by atoms with van der Waals surface area (Å²) in [6.45, 7) is 2.14. The average molecular weight is 243 g/mol. The van der Waals surface area contributed by atoms with Gasteiger partial charge in [0.05, 0.1) is 25.3 Å². The summed E-state index contributed by atoms with van der Waals surface area (Å²) in [5.74, 6) is -0.767. The van der Waals surface area contributed by atoms with Crippen LogP contribution < -0.4 is 11.1 Å². The number of carbonyl (C=O) groups excluding carboxylic acids is 2. The molecule has 0 aliphatic carbocycles. The van der Waals surface area contributed by atoms with E-state index in [1.807, 2.05) is 0 Å². The lowest BCUT2D eigenvalue weighted by atomic mass is 10.3. The van der Waals surface area contributed by atoms with Gasteiger partial charge in [0.1, 0.15) is 0 Å². The summed E-state index contributed by atoms with van der Waals surface area (Å²) in [5.41, 5.74) is 5.59. The van der Waals surface area contributed by atoms with Crippen molar-refractivity contribution in [2.24, 2.45) is 5.73 Å². The zero-order valence-corrected chi connectivity index (χ0v) is 9.67. The molecule has 3 N–H and O–H groups in total. The molecule has 1 amide bonds. The molecular formula is C9H13N3O3S. The van der Waals surface area contributed by atoms with Crippen LogP contribution in [-0.2, 0) is 20.7 Å². The van der Waals surface area contributed by atoms with Crippen LogP contribution in [-0.4, -0.2) is 30.0 Å². The number of hydrogen-bond acceptors (Lipinski definition) is 6. The van der Waals surface area contributed by atoms with Gasteiger partial charge in [-0.15, -0.1) is 11.3 Å². The lowest BCUT2D eigenvalue weighted by Crippen LogP contribution is -2.21. The molecule has 1 aromatic heterocycles. The molecule has 0 fully saturated rings. The molecule has 1 aromatic rings. The fraction of sp³-hybridized carbons (Fsp3) is 0.444. The second kappa shape index (κ2) is 6.06. The highest BCUT2D eigenvalue weighted by Crippen LogP contribution is 2.15. The lowest BCUT2D eigenvalue weighted by molar-refractivity contribution is -0.142. The van der Waals surface area contributed by atoms with Crippen molar-refractivity contribution in [2.75, 3.05) is 18.5 Å². The number of ether oxygens (including phenoxy) is 1. The minimum atomic E-state index is -0.456. The number of nitrogens with zero attached hydrogens (tertiary/aromatic N) is 1. The Morgan fingerprint density at radius 2 is 2.38 bits per heavy atom. The summed E-state index contributed by atoms with van der Waals surface area (Å²) in [5, 5.41) is 5.05. The molecule has 0 aliphatic heterocycles. The first-order valence-electron chi connectivity index (χ1n) is 4.74. The molecule has 0 aliphatic rings. The van der Waals surface area contributed by atoms with Crippen molar-refractivity contribution in [1.29, 1.82) is 0 Å². The third kappa shape index (κ3) is 4.26. The molecule has 16 heavy (non-hydrogen) atoms. The second-order valence-electron chi connectivity index (χ2n) is 2.95. The molecule has 0 aromatic carbocycles. The maximum absolute atomic E-state index is 11.1. The van der Waals surface area contributed by atoms with Crippen LogP contribution in [0.25, 0.3) is 0 Å². The van der Waals surface area contributed by atoms with Crippen LogP contribution in [0.5, 0.6) is 0 Å². The average Bonchev–Trinajstić information content (AvgIpc) is 2.63. The summed E-state index contributed by atoms with van der Waals surface area (Å²) in [6.07, 6.45) is 0.141. The zero-order valence-electron chi connectivity index (χ0n) is 8.86. The summed E-state index contributed by atoms with van der Waals surface area (Å²) in [4.78, 5) is 25.7. The number of thiazole rings is 1. The summed E-state index contributed by atoms with van der Waals surface area (Å²) >= 11 is 1.31. The molecule has 0 spiro atoms. The molecule has 1 rings (SSSR count). The van der Waals surface area contributed by atoms with Crippen LogP contribution >= 0.6 is 11.3 Å². The molecule has 0 unspecified atom stereocenters. The quantitative estimate of drug-likeness (QED) is 0.693. The Hall–Kier alpha value is -1.63. The van der Waals surface area contributed by atoms with E-state index in [0.29, 0.717) is 17.4 Å². The van der Waals surface area contributed by atoms with Gasteiger partial charge in [0.2, 0.25) is 5.91 Å². The highest BCUT2D eigenvalue weighted by Gasteiger charge is 2.08. The van der Waals surface area contributed by atoms with Crippen molar-refractivity contribution in [3.05, 3.63) is 11.1 Å². The standard InChI is InChI=1S/C9H13N3O3S/c1-2-15-8(14)3-6-5-16-9(12-6)11-4-7(10)13/h5H,2-4H2,1H3,(H2,10,13)(H,11,12). The number of primary amides is 1. The van der Waals surface area contributed by atoms with Crippen molar-refractivity contribution in [3.8, 4) is 0 Å². The van der Waals surface area contributed by atoms with Crippen LogP contribution in [0.15, 0.2) is 5.38 Å². The molecule has 0 radical (unpaired) electrons. The number of nitrogens with one attached hydrogen (secondary N) is 1. The fourth-order valence-corrected chi connectivity index (χ4v) is 1.70. The minimum absolute atomic E-state index is 0.0341. The van der Waals surface area contributed by atoms with Crippen LogP contribution in [0.2, 0.25) is 0 Å².